The van der Waals surface area contributed by atoms with E-state index in [0.29, 0.717) is 5.69 Å². The van der Waals surface area contributed by atoms with E-state index in [1.54, 1.807) is 12.1 Å². The van der Waals surface area contributed by atoms with Crippen LogP contribution in [0.1, 0.15) is 24.0 Å². The molecule has 0 aromatic heterocycles. The molecule has 2 aromatic carbocycles. The Balaban J connectivity index is 1.63. The van der Waals surface area contributed by atoms with Crippen LogP contribution in [-0.2, 0) is 9.59 Å². The van der Waals surface area contributed by atoms with Crippen molar-refractivity contribution >= 4 is 46.6 Å². The zero-order chi connectivity index (χ0) is 19.7. The predicted octanol–water partition coefficient (Wildman–Crippen LogP) is 3.43. The summed E-state index contributed by atoms with van der Waals surface area (Å²) in [6.45, 7) is 4.09. The molecule has 2 aliphatic heterocycles. The third-order valence-electron chi connectivity index (χ3n) is 5.04. The molecule has 0 saturated carbocycles. The fourth-order valence-electron chi connectivity index (χ4n) is 3.58. The molecule has 1 N–H and O–H groups in total. The SMILES string of the molecule is Cc1cccc(N2C(=O)/C(=C/c3ccc(N4CCCC4)cc3)C(=O)NC2=S)c1. The average molecular weight is 391 g/mol. The number of carbonyl (C=O) groups is 2. The Morgan fingerprint density at radius 2 is 1.71 bits per heavy atom. The van der Waals surface area contributed by atoms with Gasteiger partial charge in [0.15, 0.2) is 5.11 Å². The van der Waals surface area contributed by atoms with Gasteiger partial charge in [0.2, 0.25) is 0 Å². The van der Waals surface area contributed by atoms with Crippen LogP contribution in [0.2, 0.25) is 0 Å². The second kappa shape index (κ2) is 7.56. The van der Waals surface area contributed by atoms with Crippen LogP contribution in [0.5, 0.6) is 0 Å². The Kier molecular flexibility index (Phi) is 4.96. The van der Waals surface area contributed by atoms with Crippen LogP contribution in [0.15, 0.2) is 54.1 Å². The molecule has 2 heterocycles. The number of hydrogen-bond donors (Lipinski definition) is 1. The monoisotopic (exact) mass is 391 g/mol. The lowest BCUT2D eigenvalue weighted by Gasteiger charge is -2.29. The summed E-state index contributed by atoms with van der Waals surface area (Å²) in [5, 5.41) is 2.72. The molecule has 142 valence electrons. The zero-order valence-electron chi connectivity index (χ0n) is 15.6. The van der Waals surface area contributed by atoms with Crippen molar-refractivity contribution in [2.24, 2.45) is 0 Å². The Bertz CT molecular complexity index is 976. The summed E-state index contributed by atoms with van der Waals surface area (Å²) in [4.78, 5) is 29.2. The number of amides is 2. The lowest BCUT2D eigenvalue weighted by molar-refractivity contribution is -0.122. The molecular formula is C22H21N3O2S. The minimum absolute atomic E-state index is 0.0732. The Hall–Kier alpha value is -2.99. The van der Waals surface area contributed by atoms with E-state index in [1.165, 1.54) is 23.4 Å². The lowest BCUT2D eigenvalue weighted by Crippen LogP contribution is -2.54. The maximum Gasteiger partial charge on any atom is 0.270 e. The van der Waals surface area contributed by atoms with Gasteiger partial charge in [-0.2, -0.15) is 0 Å². The van der Waals surface area contributed by atoms with Crippen LogP contribution in [-0.4, -0.2) is 30.0 Å². The van der Waals surface area contributed by atoms with Gasteiger partial charge in [0.05, 0.1) is 5.69 Å². The van der Waals surface area contributed by atoms with Gasteiger partial charge < -0.3 is 4.90 Å². The molecule has 2 amide bonds. The molecule has 5 nitrogen and oxygen atoms in total. The van der Waals surface area contributed by atoms with E-state index in [1.807, 2.05) is 49.4 Å². The first-order valence-corrected chi connectivity index (χ1v) is 9.77. The van der Waals surface area contributed by atoms with Gasteiger partial charge >= 0.3 is 0 Å². The van der Waals surface area contributed by atoms with E-state index < -0.39 is 11.8 Å². The molecule has 0 spiro atoms. The maximum absolute atomic E-state index is 13.0. The summed E-state index contributed by atoms with van der Waals surface area (Å²) in [6, 6.07) is 15.4. The number of nitrogens with one attached hydrogen (secondary N) is 1. The summed E-state index contributed by atoms with van der Waals surface area (Å²) in [6.07, 6.45) is 4.06. The van der Waals surface area contributed by atoms with E-state index in [0.717, 1.165) is 24.2 Å². The van der Waals surface area contributed by atoms with Crippen molar-refractivity contribution in [3.8, 4) is 0 Å². The van der Waals surface area contributed by atoms with Crippen molar-refractivity contribution in [2.45, 2.75) is 19.8 Å². The number of aryl methyl sites for hydroxylation is 1. The molecule has 0 radical (unpaired) electrons. The third-order valence-corrected chi connectivity index (χ3v) is 5.32. The number of rotatable bonds is 3. The standard InChI is InChI=1S/C22H21N3O2S/c1-15-5-4-6-18(13-15)25-21(27)19(20(26)23-22(25)28)14-16-7-9-17(10-8-16)24-11-2-3-12-24/h4-10,13-14H,2-3,11-12H2,1H3,(H,23,26,28)/b19-14+. The number of nitrogens with zero attached hydrogens (tertiary/aromatic N) is 2. The molecule has 2 aromatic rings. The van der Waals surface area contributed by atoms with E-state index in [9.17, 15) is 9.59 Å². The van der Waals surface area contributed by atoms with Gasteiger partial charge in [-0.25, -0.2) is 0 Å². The number of anilines is 2. The van der Waals surface area contributed by atoms with Crippen LogP contribution >= 0.6 is 12.2 Å². The molecule has 0 unspecified atom stereocenters. The van der Waals surface area contributed by atoms with Gasteiger partial charge in [0, 0.05) is 18.8 Å². The normalized spacial score (nSPS) is 18.8. The fourth-order valence-corrected chi connectivity index (χ4v) is 3.86. The highest BCUT2D eigenvalue weighted by atomic mass is 32.1. The van der Waals surface area contributed by atoms with E-state index in [2.05, 4.69) is 10.2 Å². The van der Waals surface area contributed by atoms with Crippen molar-refractivity contribution in [3.63, 3.8) is 0 Å². The number of benzene rings is 2. The number of thiocarbonyl (C=S) groups is 1. The summed E-state index contributed by atoms with van der Waals surface area (Å²) < 4.78 is 0. The summed E-state index contributed by atoms with van der Waals surface area (Å²) in [5.41, 5.74) is 3.70. The third kappa shape index (κ3) is 3.55. The smallest absolute Gasteiger partial charge is 0.270 e. The Morgan fingerprint density at radius 3 is 2.39 bits per heavy atom. The first-order valence-electron chi connectivity index (χ1n) is 9.36. The second-order valence-electron chi connectivity index (χ2n) is 7.08. The number of hydrogen-bond acceptors (Lipinski definition) is 4. The first kappa shape index (κ1) is 18.4. The van der Waals surface area contributed by atoms with Gasteiger partial charge in [0.25, 0.3) is 11.8 Å². The van der Waals surface area contributed by atoms with Gasteiger partial charge in [-0.1, -0.05) is 24.3 Å². The zero-order valence-corrected chi connectivity index (χ0v) is 16.5. The summed E-state index contributed by atoms with van der Waals surface area (Å²) >= 11 is 5.24. The Morgan fingerprint density at radius 1 is 1.00 bits per heavy atom. The molecular weight excluding hydrogens is 370 g/mol. The highest BCUT2D eigenvalue weighted by molar-refractivity contribution is 7.80. The van der Waals surface area contributed by atoms with Crippen LogP contribution in [0, 0.1) is 6.92 Å². The van der Waals surface area contributed by atoms with Gasteiger partial charge in [-0.3, -0.25) is 19.8 Å². The number of carbonyl (C=O) groups excluding carboxylic acids is 2. The quantitative estimate of drug-likeness (QED) is 0.495. The van der Waals surface area contributed by atoms with Crippen molar-refractivity contribution in [2.75, 3.05) is 22.9 Å². The van der Waals surface area contributed by atoms with Crippen molar-refractivity contribution in [1.82, 2.24) is 5.32 Å². The van der Waals surface area contributed by atoms with Crippen LogP contribution in [0.25, 0.3) is 6.08 Å². The largest absolute Gasteiger partial charge is 0.372 e. The summed E-state index contributed by atoms with van der Waals surface area (Å²) in [5.74, 6) is -0.884. The van der Waals surface area contributed by atoms with E-state index in [-0.39, 0.29) is 10.7 Å². The maximum atomic E-state index is 13.0. The van der Waals surface area contributed by atoms with Crippen LogP contribution in [0.4, 0.5) is 11.4 Å². The van der Waals surface area contributed by atoms with Gasteiger partial charge in [0.1, 0.15) is 5.57 Å². The molecule has 0 bridgehead atoms. The molecule has 2 aliphatic rings. The van der Waals surface area contributed by atoms with Gasteiger partial charge in [-0.05, 0) is 73.5 Å². The van der Waals surface area contributed by atoms with E-state index >= 15 is 0 Å². The highest BCUT2D eigenvalue weighted by Gasteiger charge is 2.34. The predicted molar refractivity (Wildman–Crippen MR) is 115 cm³/mol. The van der Waals surface area contributed by atoms with Crippen molar-refractivity contribution in [1.29, 1.82) is 0 Å². The average Bonchev–Trinajstić information content (AvgIpc) is 3.20. The fraction of sp³-hybridized carbons (Fsp3) is 0.227. The van der Waals surface area contributed by atoms with Crippen molar-refractivity contribution < 1.29 is 9.59 Å². The molecule has 6 heteroatoms. The first-order chi connectivity index (χ1) is 13.5. The minimum atomic E-state index is -0.470. The Labute approximate surface area is 169 Å². The topological polar surface area (TPSA) is 52.7 Å². The molecule has 0 aliphatic carbocycles. The molecule has 4 rings (SSSR count). The summed E-state index contributed by atoms with van der Waals surface area (Å²) in [7, 11) is 0. The van der Waals surface area contributed by atoms with Crippen molar-refractivity contribution in [3.05, 3.63) is 65.2 Å². The van der Waals surface area contributed by atoms with E-state index in [4.69, 9.17) is 12.2 Å². The van der Waals surface area contributed by atoms with Crippen LogP contribution in [0.3, 0.4) is 0 Å². The molecule has 2 saturated heterocycles. The van der Waals surface area contributed by atoms with Crippen LogP contribution < -0.4 is 15.1 Å². The second-order valence-corrected chi connectivity index (χ2v) is 7.47. The van der Waals surface area contributed by atoms with Gasteiger partial charge in [-0.15, -0.1) is 0 Å². The molecule has 2 fully saturated rings. The lowest BCUT2D eigenvalue weighted by atomic mass is 10.1. The molecule has 0 atom stereocenters. The minimum Gasteiger partial charge on any atom is -0.372 e. The molecule has 28 heavy (non-hydrogen) atoms. The highest BCUT2D eigenvalue weighted by Crippen LogP contribution is 2.24.